The maximum atomic E-state index is 12.1. The van der Waals surface area contributed by atoms with Crippen LogP contribution in [0.5, 0.6) is 0 Å². The minimum atomic E-state index is -0.976. The van der Waals surface area contributed by atoms with Crippen molar-refractivity contribution in [2.75, 3.05) is 5.75 Å². The number of carbonyl (C=O) groups excluding carboxylic acids is 2. The summed E-state index contributed by atoms with van der Waals surface area (Å²) in [6, 6.07) is -0.565. The molecule has 0 spiro atoms. The van der Waals surface area contributed by atoms with Crippen LogP contribution in [0.25, 0.3) is 0 Å². The first-order chi connectivity index (χ1) is 11.8. The van der Waals surface area contributed by atoms with E-state index in [1.165, 1.54) is 23.6 Å². The molecular formula is C16H20N2O5S2. The third-order valence-corrected chi connectivity index (χ3v) is 5.11. The first-order valence-corrected chi connectivity index (χ1v) is 9.16. The fraction of sp³-hybridized carbons (Fsp3) is 0.562. The number of β-lactam (4-membered cyclic amide) rings is 1. The van der Waals surface area contributed by atoms with Gasteiger partial charge in [-0.1, -0.05) is 0 Å². The van der Waals surface area contributed by atoms with Gasteiger partial charge < -0.3 is 19.9 Å². The molecular weight excluding hydrogens is 364 g/mol. The zero-order valence-corrected chi connectivity index (χ0v) is 15.8. The molecule has 2 aliphatic heterocycles. The van der Waals surface area contributed by atoms with Gasteiger partial charge in [-0.25, -0.2) is 4.79 Å². The second kappa shape index (κ2) is 8.08. The Morgan fingerprint density at radius 3 is 2.72 bits per heavy atom. The van der Waals surface area contributed by atoms with Crippen molar-refractivity contribution in [1.29, 1.82) is 0 Å². The molecule has 136 valence electrons. The molecule has 1 fully saturated rings. The predicted molar refractivity (Wildman–Crippen MR) is 97.4 cm³/mol. The minimum Gasteiger partial charge on any atom is -0.442 e. The number of amides is 1. The fourth-order valence-corrected chi connectivity index (χ4v) is 4.08. The number of carbonyl (C=O) groups is 2. The van der Waals surface area contributed by atoms with Crippen molar-refractivity contribution in [2.24, 2.45) is 5.73 Å². The molecule has 0 radical (unpaired) electrons. The molecule has 0 bridgehead atoms. The zero-order valence-electron chi connectivity index (χ0n) is 14.2. The number of fused-ring (bicyclic) bond motifs is 1. The Morgan fingerprint density at radius 1 is 1.44 bits per heavy atom. The summed E-state index contributed by atoms with van der Waals surface area (Å²) in [5, 5.41) is -0.145. The summed E-state index contributed by atoms with van der Waals surface area (Å²) in [5.41, 5.74) is 7.09. The van der Waals surface area contributed by atoms with Gasteiger partial charge in [0.25, 0.3) is 0 Å². The van der Waals surface area contributed by atoms with E-state index in [-0.39, 0.29) is 22.4 Å². The summed E-state index contributed by atoms with van der Waals surface area (Å²) in [6.45, 7) is 4.91. The number of hydrogen-bond donors (Lipinski definition) is 1. The van der Waals surface area contributed by atoms with E-state index in [4.69, 9.17) is 38.6 Å². The summed E-state index contributed by atoms with van der Waals surface area (Å²) in [5.74, 6) is 2.93. The fourth-order valence-electron chi connectivity index (χ4n) is 2.41. The van der Waals surface area contributed by atoms with Crippen LogP contribution < -0.4 is 5.73 Å². The highest BCUT2D eigenvalue weighted by molar-refractivity contribution is 8.00. The maximum absolute atomic E-state index is 12.1. The highest BCUT2D eigenvalue weighted by atomic mass is 32.2. The van der Waals surface area contributed by atoms with Crippen LogP contribution in [0, 0.1) is 12.3 Å². The van der Waals surface area contributed by atoms with Crippen molar-refractivity contribution in [3.05, 3.63) is 11.3 Å². The van der Waals surface area contributed by atoms with Crippen LogP contribution >= 0.6 is 24.0 Å². The van der Waals surface area contributed by atoms with Crippen LogP contribution in [-0.2, 0) is 19.0 Å². The molecule has 0 saturated carbocycles. The lowest BCUT2D eigenvalue weighted by atomic mass is 10.0. The van der Waals surface area contributed by atoms with Crippen LogP contribution in [0.4, 0.5) is 4.79 Å². The lowest BCUT2D eigenvalue weighted by Gasteiger charge is -2.49. The van der Waals surface area contributed by atoms with Crippen LogP contribution in [0.2, 0.25) is 0 Å². The number of nitrogens with zero attached hydrogens (tertiary/aromatic N) is 1. The third-order valence-electron chi connectivity index (χ3n) is 3.46. The van der Waals surface area contributed by atoms with E-state index in [0.717, 1.165) is 5.57 Å². The predicted octanol–water partition coefficient (Wildman–Crippen LogP) is 1.76. The molecule has 2 rings (SSSR count). The third kappa shape index (κ3) is 4.26. The quantitative estimate of drug-likeness (QED) is 0.252. The van der Waals surface area contributed by atoms with Gasteiger partial charge in [-0.2, -0.15) is 0 Å². The summed E-state index contributed by atoms with van der Waals surface area (Å²) < 4.78 is 15.4. The Bertz CT molecular complexity index is 655. The molecule has 7 nitrogen and oxygen atoms in total. The van der Waals surface area contributed by atoms with E-state index in [0.29, 0.717) is 17.9 Å². The van der Waals surface area contributed by atoms with E-state index in [1.807, 2.05) is 0 Å². The van der Waals surface area contributed by atoms with Crippen molar-refractivity contribution in [3.63, 3.8) is 0 Å². The molecule has 1 amide bonds. The topological polar surface area (TPSA) is 91.1 Å². The second-order valence-corrected chi connectivity index (χ2v) is 7.25. The summed E-state index contributed by atoms with van der Waals surface area (Å²) in [4.78, 5) is 25.2. The molecule has 2 aliphatic rings. The number of thiocarbonyl (C=S) groups is 1. The lowest BCUT2D eigenvalue weighted by Crippen LogP contribution is -2.68. The van der Waals surface area contributed by atoms with Crippen molar-refractivity contribution < 1.29 is 23.8 Å². The Hall–Kier alpha value is -1.76. The number of hydrogen-bond acceptors (Lipinski definition) is 8. The standard InChI is InChI=1S/C16H20N2O5S2/c1-5-6-10-7-25-14-11(17)13(19)18(14)12(10)15(24)22-9(4)23-16(20)21-8(2)3/h1,8-9,11,14H,6-7,17H2,2-4H3/t9?,11-,14-/m1/s1. The number of ether oxygens (including phenoxy) is 3. The van der Waals surface area contributed by atoms with E-state index in [2.05, 4.69) is 5.92 Å². The Kier molecular flexibility index (Phi) is 6.32. The van der Waals surface area contributed by atoms with Crippen molar-refractivity contribution >= 4 is 41.1 Å². The lowest BCUT2D eigenvalue weighted by molar-refractivity contribution is -0.141. The Morgan fingerprint density at radius 2 is 2.12 bits per heavy atom. The van der Waals surface area contributed by atoms with Gasteiger partial charge in [0.1, 0.15) is 17.1 Å². The molecule has 2 N–H and O–H groups in total. The minimum absolute atomic E-state index is 0.0423. The molecule has 3 atom stereocenters. The Labute approximate surface area is 156 Å². The summed E-state index contributed by atoms with van der Waals surface area (Å²) >= 11 is 6.85. The van der Waals surface area contributed by atoms with Crippen molar-refractivity contribution in [1.82, 2.24) is 4.90 Å². The molecule has 0 aromatic rings. The highest BCUT2D eigenvalue weighted by Gasteiger charge is 2.51. The molecule has 2 heterocycles. The molecule has 0 aromatic heterocycles. The van der Waals surface area contributed by atoms with Crippen molar-refractivity contribution in [2.45, 2.75) is 51.0 Å². The molecule has 1 unspecified atom stereocenters. The normalized spacial score (nSPS) is 23.4. The number of rotatable bonds is 5. The van der Waals surface area contributed by atoms with E-state index >= 15 is 0 Å². The van der Waals surface area contributed by atoms with E-state index in [9.17, 15) is 9.59 Å². The number of nitrogens with two attached hydrogens (primary N) is 1. The maximum Gasteiger partial charge on any atom is 0.511 e. The van der Waals surface area contributed by atoms with E-state index < -0.39 is 18.5 Å². The smallest absolute Gasteiger partial charge is 0.442 e. The molecule has 0 aromatic carbocycles. The first-order valence-electron chi connectivity index (χ1n) is 7.70. The second-order valence-electron chi connectivity index (χ2n) is 5.78. The molecule has 1 saturated heterocycles. The van der Waals surface area contributed by atoms with Gasteiger partial charge in [0, 0.05) is 19.1 Å². The van der Waals surface area contributed by atoms with Gasteiger partial charge in [0.15, 0.2) is 0 Å². The average molecular weight is 384 g/mol. The highest BCUT2D eigenvalue weighted by Crippen LogP contribution is 2.40. The van der Waals surface area contributed by atoms with Gasteiger partial charge in [0.05, 0.1) is 6.10 Å². The largest absolute Gasteiger partial charge is 0.511 e. The average Bonchev–Trinajstić information content (AvgIpc) is 2.52. The zero-order chi connectivity index (χ0) is 18.7. The first kappa shape index (κ1) is 19.6. The summed E-state index contributed by atoms with van der Waals surface area (Å²) in [6.07, 6.45) is 3.59. The van der Waals surface area contributed by atoms with Gasteiger partial charge in [0.2, 0.25) is 17.2 Å². The van der Waals surface area contributed by atoms with Gasteiger partial charge in [-0.3, -0.25) is 9.69 Å². The van der Waals surface area contributed by atoms with Crippen LogP contribution in [-0.4, -0.2) is 51.6 Å². The molecule has 9 heteroatoms. The van der Waals surface area contributed by atoms with E-state index in [1.54, 1.807) is 13.8 Å². The molecule has 25 heavy (non-hydrogen) atoms. The van der Waals surface area contributed by atoms with Gasteiger partial charge in [-0.05, 0) is 31.6 Å². The monoisotopic (exact) mass is 384 g/mol. The Balaban J connectivity index is 2.10. The van der Waals surface area contributed by atoms with Crippen LogP contribution in [0.15, 0.2) is 11.3 Å². The summed E-state index contributed by atoms with van der Waals surface area (Å²) in [7, 11) is 0. The number of thioether (sulfide) groups is 1. The van der Waals surface area contributed by atoms with Gasteiger partial charge in [-0.15, -0.1) is 24.1 Å². The van der Waals surface area contributed by atoms with Gasteiger partial charge >= 0.3 is 6.16 Å². The molecule has 0 aliphatic carbocycles. The van der Waals surface area contributed by atoms with Crippen LogP contribution in [0.1, 0.15) is 27.2 Å². The van der Waals surface area contributed by atoms with Crippen LogP contribution in [0.3, 0.4) is 0 Å². The van der Waals surface area contributed by atoms with Crippen molar-refractivity contribution in [3.8, 4) is 12.3 Å². The number of terminal acetylenes is 1. The SMILES string of the molecule is C#CCC1=C(C(=S)OC(C)OC(=O)OC(C)C)N2C(=O)[C@@H](N)[C@H]2SC1.